The molecule has 0 aliphatic carbocycles. The summed E-state index contributed by atoms with van der Waals surface area (Å²) in [7, 11) is 0. The third kappa shape index (κ3) is 1.61. The molecule has 0 fully saturated rings. The van der Waals surface area contributed by atoms with Crippen LogP contribution in [0.15, 0.2) is 11.9 Å². The van der Waals surface area contributed by atoms with E-state index in [9.17, 15) is 9.18 Å². The van der Waals surface area contributed by atoms with Crippen molar-refractivity contribution in [3.63, 3.8) is 0 Å². The van der Waals surface area contributed by atoms with E-state index in [-0.39, 0.29) is 18.2 Å². The lowest BCUT2D eigenvalue weighted by molar-refractivity contribution is 0.0743. The first-order chi connectivity index (χ1) is 6.77. The van der Waals surface area contributed by atoms with Gasteiger partial charge in [0.25, 0.3) is 11.7 Å². The molecule has 2 heterocycles. The first-order valence-electron chi connectivity index (χ1n) is 4.14. The molecule has 0 aromatic carbocycles. The van der Waals surface area contributed by atoms with Crippen LogP contribution in [0, 0.1) is 0 Å². The van der Waals surface area contributed by atoms with Crippen LogP contribution in [-0.2, 0) is 0 Å². The third-order valence-electron chi connectivity index (χ3n) is 1.93. The van der Waals surface area contributed by atoms with E-state index in [0.29, 0.717) is 13.0 Å². The van der Waals surface area contributed by atoms with E-state index in [0.717, 1.165) is 0 Å². The summed E-state index contributed by atoms with van der Waals surface area (Å²) in [6.07, 6.45) is 2.00. The molecule has 0 spiro atoms. The number of aromatic amines is 1. The summed E-state index contributed by atoms with van der Waals surface area (Å²) in [6, 6.07) is 0. The van der Waals surface area contributed by atoms with Gasteiger partial charge < -0.3 is 4.90 Å². The molecule has 0 unspecified atom stereocenters. The minimum atomic E-state index is -0.401. The monoisotopic (exact) mass is 197 g/mol. The van der Waals surface area contributed by atoms with E-state index in [1.807, 2.05) is 0 Å². The van der Waals surface area contributed by atoms with Crippen molar-refractivity contribution in [1.29, 1.82) is 0 Å². The van der Waals surface area contributed by atoms with Gasteiger partial charge in [-0.05, 0) is 17.7 Å². The summed E-state index contributed by atoms with van der Waals surface area (Å²) < 4.78 is 12.8. The number of amides is 1. The summed E-state index contributed by atoms with van der Waals surface area (Å²) in [6.45, 7) is 0.480. The fourth-order valence-corrected chi connectivity index (χ4v) is 1.27. The zero-order valence-electron chi connectivity index (χ0n) is 7.27. The van der Waals surface area contributed by atoms with Crippen LogP contribution in [0.25, 0.3) is 0 Å². The van der Waals surface area contributed by atoms with Crippen LogP contribution in [0.1, 0.15) is 17.0 Å². The standard InChI is InChI=1S/C7H8FN5O/c8-5-2-1-3-13(4-5)7(14)6-9-11-12-10-6/h2H,1,3-4H2,(H,9,10,11,12). The van der Waals surface area contributed by atoms with Gasteiger partial charge in [-0.2, -0.15) is 5.21 Å². The number of nitrogens with one attached hydrogen (secondary N) is 1. The lowest BCUT2D eigenvalue weighted by Crippen LogP contribution is -2.35. The predicted octanol–water partition coefficient (Wildman–Crippen LogP) is -0.101. The second-order valence-corrected chi connectivity index (χ2v) is 2.90. The normalized spacial score (nSPS) is 16.6. The van der Waals surface area contributed by atoms with Crippen molar-refractivity contribution in [2.24, 2.45) is 0 Å². The Hall–Kier alpha value is -1.79. The van der Waals surface area contributed by atoms with E-state index < -0.39 is 5.91 Å². The van der Waals surface area contributed by atoms with E-state index in [2.05, 4.69) is 20.6 Å². The van der Waals surface area contributed by atoms with Gasteiger partial charge >= 0.3 is 0 Å². The molecule has 14 heavy (non-hydrogen) atoms. The van der Waals surface area contributed by atoms with Crippen LogP contribution in [0.4, 0.5) is 4.39 Å². The Morgan fingerprint density at radius 3 is 3.14 bits per heavy atom. The van der Waals surface area contributed by atoms with E-state index in [4.69, 9.17) is 0 Å². The van der Waals surface area contributed by atoms with Gasteiger partial charge in [0.1, 0.15) is 5.83 Å². The second kappa shape index (κ2) is 3.52. The smallest absolute Gasteiger partial charge is 0.295 e. The molecule has 2 rings (SSSR count). The fraction of sp³-hybridized carbons (Fsp3) is 0.429. The number of H-pyrrole nitrogens is 1. The van der Waals surface area contributed by atoms with Gasteiger partial charge in [0.15, 0.2) is 0 Å². The highest BCUT2D eigenvalue weighted by atomic mass is 19.1. The molecule has 0 saturated carbocycles. The fourth-order valence-electron chi connectivity index (χ4n) is 1.27. The van der Waals surface area contributed by atoms with Gasteiger partial charge in [0.2, 0.25) is 0 Å². The molecule has 0 saturated heterocycles. The lowest BCUT2D eigenvalue weighted by atomic mass is 10.2. The topological polar surface area (TPSA) is 74.8 Å². The van der Waals surface area contributed by atoms with Crippen molar-refractivity contribution in [1.82, 2.24) is 25.5 Å². The molecule has 1 aliphatic heterocycles. The number of carbonyl (C=O) groups is 1. The molecule has 1 amide bonds. The third-order valence-corrected chi connectivity index (χ3v) is 1.93. The Morgan fingerprint density at radius 2 is 2.50 bits per heavy atom. The van der Waals surface area contributed by atoms with Gasteiger partial charge in [-0.15, -0.1) is 10.2 Å². The molecule has 6 nitrogen and oxygen atoms in total. The van der Waals surface area contributed by atoms with Gasteiger partial charge in [-0.25, -0.2) is 4.39 Å². The maximum Gasteiger partial charge on any atom is 0.295 e. The Kier molecular flexibility index (Phi) is 2.21. The number of carbonyl (C=O) groups excluding carboxylic acids is 1. The van der Waals surface area contributed by atoms with Crippen LogP contribution in [0.3, 0.4) is 0 Å². The molecular weight excluding hydrogens is 189 g/mol. The molecular formula is C7H8FN5O. The van der Waals surface area contributed by atoms with Crippen LogP contribution in [-0.4, -0.2) is 44.5 Å². The van der Waals surface area contributed by atoms with Crippen molar-refractivity contribution >= 4 is 5.91 Å². The lowest BCUT2D eigenvalue weighted by Gasteiger charge is -2.22. The van der Waals surface area contributed by atoms with Crippen molar-refractivity contribution in [3.8, 4) is 0 Å². The molecule has 7 heteroatoms. The average Bonchev–Trinajstić information content (AvgIpc) is 2.69. The largest absolute Gasteiger partial charge is 0.329 e. The van der Waals surface area contributed by atoms with Crippen molar-refractivity contribution in [3.05, 3.63) is 17.7 Å². The number of hydrogen-bond donors (Lipinski definition) is 1. The van der Waals surface area contributed by atoms with Crippen molar-refractivity contribution in [2.75, 3.05) is 13.1 Å². The summed E-state index contributed by atoms with van der Waals surface area (Å²) in [5, 5.41) is 12.5. The zero-order valence-corrected chi connectivity index (χ0v) is 7.27. The van der Waals surface area contributed by atoms with Gasteiger partial charge in [0.05, 0.1) is 6.54 Å². The number of nitrogens with zero attached hydrogens (tertiary/aromatic N) is 4. The highest BCUT2D eigenvalue weighted by Crippen LogP contribution is 2.11. The maximum absolute atomic E-state index is 12.8. The molecule has 1 aliphatic rings. The van der Waals surface area contributed by atoms with Gasteiger partial charge in [-0.1, -0.05) is 0 Å². The van der Waals surface area contributed by atoms with Crippen LogP contribution >= 0.6 is 0 Å². The summed E-state index contributed by atoms with van der Waals surface area (Å²) in [5.41, 5.74) is 0. The van der Waals surface area contributed by atoms with Crippen LogP contribution in [0.2, 0.25) is 0 Å². The zero-order chi connectivity index (χ0) is 9.97. The molecule has 0 atom stereocenters. The maximum atomic E-state index is 12.8. The van der Waals surface area contributed by atoms with Crippen LogP contribution < -0.4 is 0 Å². The number of aromatic nitrogens is 4. The minimum Gasteiger partial charge on any atom is -0.329 e. The first kappa shape index (κ1) is 8.79. The van der Waals surface area contributed by atoms with Gasteiger partial charge in [0, 0.05) is 6.54 Å². The number of tetrazole rings is 1. The summed E-state index contributed by atoms with van der Waals surface area (Å²) >= 11 is 0. The number of halogens is 1. The molecule has 1 N–H and O–H groups in total. The van der Waals surface area contributed by atoms with Crippen LogP contribution in [0.5, 0.6) is 0 Å². The summed E-state index contributed by atoms with van der Waals surface area (Å²) in [5.74, 6) is -0.727. The average molecular weight is 197 g/mol. The number of hydrogen-bond acceptors (Lipinski definition) is 4. The molecule has 0 bridgehead atoms. The highest BCUT2D eigenvalue weighted by molar-refractivity contribution is 5.90. The molecule has 1 aromatic rings. The molecule has 1 aromatic heterocycles. The Balaban J connectivity index is 2.10. The SMILES string of the molecule is O=C(c1nn[nH]n1)N1CCC=C(F)C1. The second-order valence-electron chi connectivity index (χ2n) is 2.90. The van der Waals surface area contributed by atoms with E-state index in [1.165, 1.54) is 11.0 Å². The Bertz CT molecular complexity index is 360. The summed E-state index contributed by atoms with van der Waals surface area (Å²) in [4.78, 5) is 12.9. The Morgan fingerprint density at radius 1 is 1.64 bits per heavy atom. The quantitative estimate of drug-likeness (QED) is 0.682. The van der Waals surface area contributed by atoms with E-state index >= 15 is 0 Å². The Labute approximate surface area is 78.8 Å². The molecule has 74 valence electrons. The van der Waals surface area contributed by atoms with Crippen molar-refractivity contribution in [2.45, 2.75) is 6.42 Å². The van der Waals surface area contributed by atoms with Gasteiger partial charge in [-0.3, -0.25) is 4.79 Å². The predicted molar refractivity (Wildman–Crippen MR) is 43.9 cm³/mol. The van der Waals surface area contributed by atoms with E-state index in [1.54, 1.807) is 0 Å². The first-order valence-corrected chi connectivity index (χ1v) is 4.14. The highest BCUT2D eigenvalue weighted by Gasteiger charge is 2.22. The number of rotatable bonds is 1. The minimum absolute atomic E-state index is 0.00657. The molecule has 0 radical (unpaired) electrons. The van der Waals surface area contributed by atoms with Crippen molar-refractivity contribution < 1.29 is 9.18 Å².